The quantitative estimate of drug-likeness (QED) is 0.561. The Hall–Kier alpha value is -1.34. The Kier molecular flexibility index (Phi) is 4.38. The van der Waals surface area contributed by atoms with Crippen molar-refractivity contribution >= 4 is 23.5 Å². The number of hydrogen-bond donors (Lipinski definition) is 3. The number of carbonyl (C=O) groups excluding carboxylic acids is 1. The van der Waals surface area contributed by atoms with Gasteiger partial charge in [0, 0.05) is 12.7 Å². The van der Waals surface area contributed by atoms with Gasteiger partial charge in [0.25, 0.3) is 5.91 Å². The minimum atomic E-state index is -0.724. The molecule has 1 aliphatic rings. The van der Waals surface area contributed by atoms with Gasteiger partial charge in [-0.2, -0.15) is 11.8 Å². The maximum absolute atomic E-state index is 13.8. The van der Waals surface area contributed by atoms with Crippen LogP contribution in [0.15, 0.2) is 12.3 Å². The third kappa shape index (κ3) is 2.91. The van der Waals surface area contributed by atoms with Crippen LogP contribution in [-0.2, 0) is 0 Å². The Morgan fingerprint density at radius 3 is 3.17 bits per heavy atom. The van der Waals surface area contributed by atoms with Crippen LogP contribution in [0, 0.1) is 11.7 Å². The third-order valence-corrected chi connectivity index (χ3v) is 4.08. The summed E-state index contributed by atoms with van der Waals surface area (Å²) in [4.78, 5) is 15.5. The van der Waals surface area contributed by atoms with E-state index in [2.05, 4.69) is 15.7 Å². The van der Waals surface area contributed by atoms with E-state index < -0.39 is 11.7 Å². The number of anilines is 1. The van der Waals surface area contributed by atoms with E-state index in [0.29, 0.717) is 12.5 Å². The van der Waals surface area contributed by atoms with Crippen molar-refractivity contribution in [2.75, 3.05) is 23.5 Å². The van der Waals surface area contributed by atoms with Crippen molar-refractivity contribution in [3.63, 3.8) is 0 Å². The number of nitrogen functional groups attached to an aromatic ring is 1. The SMILES string of the molecule is NNc1nccc(C(=O)NCC2CCSC2)c1F. The summed E-state index contributed by atoms with van der Waals surface area (Å²) in [7, 11) is 0. The molecule has 0 saturated carbocycles. The van der Waals surface area contributed by atoms with Gasteiger partial charge < -0.3 is 10.7 Å². The molecule has 2 heterocycles. The first-order valence-electron chi connectivity index (χ1n) is 5.69. The van der Waals surface area contributed by atoms with Crippen molar-refractivity contribution in [1.82, 2.24) is 10.3 Å². The molecule has 1 aromatic heterocycles. The van der Waals surface area contributed by atoms with Crippen LogP contribution < -0.4 is 16.6 Å². The lowest BCUT2D eigenvalue weighted by Crippen LogP contribution is -2.30. The number of pyridine rings is 1. The summed E-state index contributed by atoms with van der Waals surface area (Å²) in [6.45, 7) is 0.582. The molecular weight excluding hydrogens is 255 g/mol. The molecule has 1 unspecified atom stereocenters. The Balaban J connectivity index is 1.99. The summed E-state index contributed by atoms with van der Waals surface area (Å²) >= 11 is 1.88. The summed E-state index contributed by atoms with van der Waals surface area (Å²) in [5.41, 5.74) is 2.08. The van der Waals surface area contributed by atoms with E-state index in [1.165, 1.54) is 12.3 Å². The minimum Gasteiger partial charge on any atom is -0.352 e. The van der Waals surface area contributed by atoms with Gasteiger partial charge in [0.15, 0.2) is 11.6 Å². The van der Waals surface area contributed by atoms with Crippen molar-refractivity contribution in [1.29, 1.82) is 0 Å². The zero-order valence-corrected chi connectivity index (χ0v) is 10.6. The number of nitrogens with two attached hydrogens (primary N) is 1. The molecule has 1 amide bonds. The summed E-state index contributed by atoms with van der Waals surface area (Å²) < 4.78 is 13.8. The molecule has 0 bridgehead atoms. The van der Waals surface area contributed by atoms with E-state index in [9.17, 15) is 9.18 Å². The van der Waals surface area contributed by atoms with Crippen molar-refractivity contribution in [2.45, 2.75) is 6.42 Å². The molecule has 1 aromatic rings. The number of carbonyl (C=O) groups is 1. The van der Waals surface area contributed by atoms with Crippen LogP contribution in [-0.4, -0.2) is 28.9 Å². The van der Waals surface area contributed by atoms with Gasteiger partial charge in [-0.25, -0.2) is 15.2 Å². The number of aromatic nitrogens is 1. The first-order chi connectivity index (χ1) is 8.72. The molecule has 1 fully saturated rings. The topological polar surface area (TPSA) is 80.0 Å². The average Bonchev–Trinajstić information content (AvgIpc) is 2.89. The molecule has 98 valence electrons. The fraction of sp³-hybridized carbons (Fsp3) is 0.455. The van der Waals surface area contributed by atoms with Gasteiger partial charge in [0.2, 0.25) is 0 Å². The first-order valence-corrected chi connectivity index (χ1v) is 6.85. The van der Waals surface area contributed by atoms with Gasteiger partial charge >= 0.3 is 0 Å². The Morgan fingerprint density at radius 2 is 2.50 bits per heavy atom. The molecule has 18 heavy (non-hydrogen) atoms. The van der Waals surface area contributed by atoms with E-state index in [1.54, 1.807) is 0 Å². The fourth-order valence-corrected chi connectivity index (χ4v) is 3.08. The molecule has 4 N–H and O–H groups in total. The van der Waals surface area contributed by atoms with Crippen molar-refractivity contribution in [3.8, 4) is 0 Å². The number of nitrogens with zero attached hydrogens (tertiary/aromatic N) is 1. The second kappa shape index (κ2) is 6.01. The second-order valence-corrected chi connectivity index (χ2v) is 5.25. The predicted molar refractivity (Wildman–Crippen MR) is 69.8 cm³/mol. The lowest BCUT2D eigenvalue weighted by molar-refractivity contribution is 0.0944. The van der Waals surface area contributed by atoms with E-state index in [0.717, 1.165) is 17.9 Å². The molecule has 0 aliphatic carbocycles. The van der Waals surface area contributed by atoms with Gasteiger partial charge in [-0.1, -0.05) is 0 Å². The summed E-state index contributed by atoms with van der Waals surface area (Å²) in [5, 5.41) is 2.74. The number of amides is 1. The lowest BCUT2D eigenvalue weighted by Gasteiger charge is -2.11. The van der Waals surface area contributed by atoms with Gasteiger partial charge in [-0.3, -0.25) is 4.79 Å². The normalized spacial score (nSPS) is 18.7. The summed E-state index contributed by atoms with van der Waals surface area (Å²) in [6.07, 6.45) is 2.44. The molecule has 0 radical (unpaired) electrons. The minimum absolute atomic E-state index is 0.0383. The van der Waals surface area contributed by atoms with E-state index in [-0.39, 0.29) is 11.4 Å². The van der Waals surface area contributed by atoms with Crippen LogP contribution in [0.3, 0.4) is 0 Å². The average molecular weight is 270 g/mol. The van der Waals surface area contributed by atoms with Crippen molar-refractivity contribution < 1.29 is 9.18 Å². The zero-order valence-electron chi connectivity index (χ0n) is 9.78. The summed E-state index contributed by atoms with van der Waals surface area (Å²) in [6, 6.07) is 1.34. The molecular formula is C11H15FN4OS. The van der Waals surface area contributed by atoms with Gasteiger partial charge in [-0.15, -0.1) is 0 Å². The molecule has 1 atom stereocenters. The maximum Gasteiger partial charge on any atom is 0.254 e. The number of hydrazine groups is 1. The van der Waals surface area contributed by atoms with Crippen LogP contribution in [0.1, 0.15) is 16.8 Å². The highest BCUT2D eigenvalue weighted by molar-refractivity contribution is 7.99. The van der Waals surface area contributed by atoms with Gasteiger partial charge in [0.05, 0.1) is 5.56 Å². The predicted octanol–water partition coefficient (Wildman–Crippen LogP) is 0.989. The molecule has 0 aromatic carbocycles. The number of rotatable bonds is 4. The van der Waals surface area contributed by atoms with Crippen LogP contribution in [0.5, 0.6) is 0 Å². The fourth-order valence-electron chi connectivity index (χ4n) is 1.80. The second-order valence-electron chi connectivity index (χ2n) is 4.11. The van der Waals surface area contributed by atoms with Crippen molar-refractivity contribution in [3.05, 3.63) is 23.6 Å². The molecule has 1 saturated heterocycles. The standard InChI is InChI=1S/C11H15FN4OS/c12-9-8(1-3-14-10(9)16-13)11(17)15-5-7-2-4-18-6-7/h1,3,7H,2,4-6,13H2,(H,14,16)(H,15,17). The Labute approximate surface area is 109 Å². The zero-order chi connectivity index (χ0) is 13.0. The maximum atomic E-state index is 13.8. The Morgan fingerprint density at radius 1 is 1.67 bits per heavy atom. The van der Waals surface area contributed by atoms with Crippen LogP contribution in [0.25, 0.3) is 0 Å². The molecule has 1 aliphatic heterocycles. The number of nitrogens with one attached hydrogen (secondary N) is 2. The monoisotopic (exact) mass is 270 g/mol. The highest BCUT2D eigenvalue weighted by atomic mass is 32.2. The van der Waals surface area contributed by atoms with E-state index in [4.69, 9.17) is 5.84 Å². The molecule has 7 heteroatoms. The van der Waals surface area contributed by atoms with Crippen LogP contribution in [0.4, 0.5) is 10.2 Å². The molecule has 2 rings (SSSR count). The van der Waals surface area contributed by atoms with E-state index in [1.807, 2.05) is 11.8 Å². The summed E-state index contributed by atoms with van der Waals surface area (Å²) in [5.74, 6) is 6.49. The highest BCUT2D eigenvalue weighted by Crippen LogP contribution is 2.22. The van der Waals surface area contributed by atoms with Crippen LogP contribution in [0.2, 0.25) is 0 Å². The largest absolute Gasteiger partial charge is 0.352 e. The molecule has 5 nitrogen and oxygen atoms in total. The number of hydrogen-bond acceptors (Lipinski definition) is 5. The smallest absolute Gasteiger partial charge is 0.254 e. The van der Waals surface area contributed by atoms with Crippen molar-refractivity contribution in [2.24, 2.45) is 11.8 Å². The number of thioether (sulfide) groups is 1. The van der Waals surface area contributed by atoms with E-state index >= 15 is 0 Å². The van der Waals surface area contributed by atoms with Gasteiger partial charge in [0.1, 0.15) is 0 Å². The molecule has 0 spiro atoms. The number of halogens is 1. The van der Waals surface area contributed by atoms with Crippen LogP contribution >= 0.6 is 11.8 Å². The Bertz CT molecular complexity index is 437. The third-order valence-electron chi connectivity index (χ3n) is 2.85. The van der Waals surface area contributed by atoms with Gasteiger partial charge in [-0.05, 0) is 29.9 Å². The first kappa shape index (κ1) is 13.1. The highest BCUT2D eigenvalue weighted by Gasteiger charge is 2.19. The lowest BCUT2D eigenvalue weighted by atomic mass is 10.1.